The van der Waals surface area contributed by atoms with Crippen molar-refractivity contribution in [2.24, 2.45) is 0 Å². The Hall–Kier alpha value is -2.08. The summed E-state index contributed by atoms with van der Waals surface area (Å²) in [5.74, 6) is -0.250. The van der Waals surface area contributed by atoms with E-state index in [1.807, 2.05) is 37.3 Å². The summed E-state index contributed by atoms with van der Waals surface area (Å²) in [6.07, 6.45) is 7.27. The second kappa shape index (κ2) is 6.91. The summed E-state index contributed by atoms with van der Waals surface area (Å²) >= 11 is 0. The van der Waals surface area contributed by atoms with Crippen molar-refractivity contribution < 1.29 is 4.79 Å². The molecule has 0 bridgehead atoms. The number of carbonyl (C=O) groups excluding carboxylic acids is 1. The monoisotopic (exact) mass is 268 g/mol. The van der Waals surface area contributed by atoms with Crippen molar-refractivity contribution in [1.29, 1.82) is 5.26 Å². The first-order valence-corrected chi connectivity index (χ1v) is 7.18. The van der Waals surface area contributed by atoms with Gasteiger partial charge in [0.1, 0.15) is 11.6 Å². The highest BCUT2D eigenvalue weighted by Crippen LogP contribution is 2.18. The highest BCUT2D eigenvalue weighted by atomic mass is 16.1. The van der Waals surface area contributed by atoms with E-state index in [1.54, 1.807) is 6.08 Å². The summed E-state index contributed by atoms with van der Waals surface area (Å²) in [6.45, 7) is 2.01. The maximum absolute atomic E-state index is 12.1. The van der Waals surface area contributed by atoms with Gasteiger partial charge < -0.3 is 5.32 Å². The highest BCUT2D eigenvalue weighted by molar-refractivity contribution is 6.01. The number of carbonyl (C=O) groups is 1. The number of amides is 1. The SMILES string of the molecule is Cc1ccc(/C=C(/C#N)C(=O)NC2CCCCC2)cc1. The van der Waals surface area contributed by atoms with Crippen LogP contribution in [0.4, 0.5) is 0 Å². The van der Waals surface area contributed by atoms with Gasteiger partial charge in [-0.1, -0.05) is 49.1 Å². The number of hydrogen-bond acceptors (Lipinski definition) is 2. The molecule has 0 aromatic heterocycles. The van der Waals surface area contributed by atoms with Gasteiger partial charge in [-0.3, -0.25) is 4.79 Å². The van der Waals surface area contributed by atoms with Gasteiger partial charge in [0.2, 0.25) is 0 Å². The molecule has 0 saturated heterocycles. The molecule has 1 aliphatic carbocycles. The fraction of sp³-hybridized carbons (Fsp3) is 0.412. The van der Waals surface area contributed by atoms with Crippen LogP contribution in [0.5, 0.6) is 0 Å². The second-order valence-electron chi connectivity index (χ2n) is 5.39. The Morgan fingerprint density at radius 3 is 2.50 bits per heavy atom. The fourth-order valence-corrected chi connectivity index (χ4v) is 2.49. The van der Waals surface area contributed by atoms with Crippen LogP contribution in [-0.4, -0.2) is 11.9 Å². The van der Waals surface area contributed by atoms with E-state index in [4.69, 9.17) is 5.26 Å². The highest BCUT2D eigenvalue weighted by Gasteiger charge is 2.17. The molecule has 1 fully saturated rings. The topological polar surface area (TPSA) is 52.9 Å². The van der Waals surface area contributed by atoms with Crippen LogP contribution < -0.4 is 5.32 Å². The summed E-state index contributed by atoms with van der Waals surface area (Å²) < 4.78 is 0. The fourth-order valence-electron chi connectivity index (χ4n) is 2.49. The number of rotatable bonds is 3. The predicted molar refractivity (Wildman–Crippen MR) is 79.8 cm³/mol. The van der Waals surface area contributed by atoms with Crippen LogP contribution in [0.2, 0.25) is 0 Å². The summed E-state index contributed by atoms with van der Waals surface area (Å²) in [6, 6.07) is 10.0. The van der Waals surface area contributed by atoms with Gasteiger partial charge in [-0.15, -0.1) is 0 Å². The number of hydrogen-bond donors (Lipinski definition) is 1. The van der Waals surface area contributed by atoms with Crippen molar-refractivity contribution in [3.8, 4) is 6.07 Å². The Bertz CT molecular complexity index is 531. The van der Waals surface area contributed by atoms with Gasteiger partial charge in [0.25, 0.3) is 5.91 Å². The third-order valence-electron chi connectivity index (χ3n) is 3.69. The van der Waals surface area contributed by atoms with Crippen molar-refractivity contribution in [2.75, 3.05) is 0 Å². The molecule has 20 heavy (non-hydrogen) atoms. The lowest BCUT2D eigenvalue weighted by molar-refractivity contribution is -0.117. The first kappa shape index (κ1) is 14.3. The van der Waals surface area contributed by atoms with Crippen LogP contribution in [0.3, 0.4) is 0 Å². The number of nitriles is 1. The van der Waals surface area contributed by atoms with Gasteiger partial charge in [-0.2, -0.15) is 5.26 Å². The molecular formula is C17H20N2O. The van der Waals surface area contributed by atoms with E-state index in [1.165, 1.54) is 6.42 Å². The lowest BCUT2D eigenvalue weighted by Gasteiger charge is -2.22. The molecule has 0 radical (unpaired) electrons. The van der Waals surface area contributed by atoms with E-state index in [2.05, 4.69) is 5.32 Å². The van der Waals surface area contributed by atoms with Gasteiger partial charge in [-0.25, -0.2) is 0 Å². The zero-order chi connectivity index (χ0) is 14.4. The summed E-state index contributed by atoms with van der Waals surface area (Å²) in [5, 5.41) is 12.1. The maximum atomic E-state index is 12.1. The van der Waals surface area contributed by atoms with Crippen LogP contribution in [-0.2, 0) is 4.79 Å². The van der Waals surface area contributed by atoms with E-state index < -0.39 is 0 Å². The molecule has 0 aliphatic heterocycles. The van der Waals surface area contributed by atoms with Gasteiger partial charge >= 0.3 is 0 Å². The molecule has 1 aliphatic rings. The van der Waals surface area contributed by atoms with E-state index in [0.29, 0.717) is 0 Å². The molecule has 3 nitrogen and oxygen atoms in total. The summed E-state index contributed by atoms with van der Waals surface area (Å²) in [7, 11) is 0. The zero-order valence-corrected chi connectivity index (χ0v) is 11.9. The normalized spacial score (nSPS) is 16.5. The van der Waals surface area contributed by atoms with Gasteiger partial charge in [0.15, 0.2) is 0 Å². The van der Waals surface area contributed by atoms with Gasteiger partial charge in [-0.05, 0) is 31.4 Å². The maximum Gasteiger partial charge on any atom is 0.262 e. The lowest BCUT2D eigenvalue weighted by atomic mass is 9.95. The number of nitrogens with one attached hydrogen (secondary N) is 1. The molecule has 104 valence electrons. The van der Waals surface area contributed by atoms with Crippen molar-refractivity contribution in [1.82, 2.24) is 5.32 Å². The quantitative estimate of drug-likeness (QED) is 0.675. The Morgan fingerprint density at radius 2 is 1.90 bits per heavy atom. The minimum absolute atomic E-state index is 0.180. The Labute approximate surface area is 120 Å². The van der Waals surface area contributed by atoms with E-state index in [-0.39, 0.29) is 17.5 Å². The average Bonchev–Trinajstić information content (AvgIpc) is 2.47. The lowest BCUT2D eigenvalue weighted by Crippen LogP contribution is -2.36. The first-order chi connectivity index (χ1) is 9.69. The third-order valence-corrected chi connectivity index (χ3v) is 3.69. The molecule has 2 rings (SSSR count). The molecule has 1 saturated carbocycles. The molecule has 1 amide bonds. The largest absolute Gasteiger partial charge is 0.349 e. The zero-order valence-electron chi connectivity index (χ0n) is 11.9. The average molecular weight is 268 g/mol. The predicted octanol–water partition coefficient (Wildman–Crippen LogP) is 3.35. The second-order valence-corrected chi connectivity index (χ2v) is 5.39. The van der Waals surface area contributed by atoms with E-state index in [0.717, 1.165) is 36.8 Å². The minimum atomic E-state index is -0.250. The first-order valence-electron chi connectivity index (χ1n) is 7.18. The van der Waals surface area contributed by atoms with Crippen molar-refractivity contribution in [3.63, 3.8) is 0 Å². The Morgan fingerprint density at radius 1 is 1.25 bits per heavy atom. The Kier molecular flexibility index (Phi) is 4.95. The Balaban J connectivity index is 2.05. The molecule has 0 heterocycles. The molecule has 0 unspecified atom stereocenters. The number of benzene rings is 1. The standard InChI is InChI=1S/C17H20N2O/c1-13-7-9-14(10-8-13)11-15(12-18)17(20)19-16-5-3-2-4-6-16/h7-11,16H,2-6H2,1H3,(H,19,20)/b15-11-. The van der Waals surface area contributed by atoms with Crippen LogP contribution in [0.15, 0.2) is 29.8 Å². The van der Waals surface area contributed by atoms with E-state index >= 15 is 0 Å². The van der Waals surface area contributed by atoms with E-state index in [9.17, 15) is 4.79 Å². The smallest absolute Gasteiger partial charge is 0.262 e. The minimum Gasteiger partial charge on any atom is -0.349 e. The molecule has 1 N–H and O–H groups in total. The van der Waals surface area contributed by atoms with Crippen molar-refractivity contribution in [3.05, 3.63) is 41.0 Å². The van der Waals surface area contributed by atoms with Gasteiger partial charge in [0, 0.05) is 6.04 Å². The van der Waals surface area contributed by atoms with Crippen LogP contribution in [0, 0.1) is 18.3 Å². The van der Waals surface area contributed by atoms with Crippen molar-refractivity contribution >= 4 is 12.0 Å². The molecule has 3 heteroatoms. The van der Waals surface area contributed by atoms with Crippen LogP contribution in [0.25, 0.3) is 6.08 Å². The summed E-state index contributed by atoms with van der Waals surface area (Å²) in [5.41, 5.74) is 2.22. The third kappa shape index (κ3) is 3.96. The molecular weight excluding hydrogens is 248 g/mol. The summed E-state index contributed by atoms with van der Waals surface area (Å²) in [4.78, 5) is 12.1. The number of aryl methyl sites for hydroxylation is 1. The molecule has 1 aromatic rings. The van der Waals surface area contributed by atoms with Crippen LogP contribution >= 0.6 is 0 Å². The molecule has 0 atom stereocenters. The van der Waals surface area contributed by atoms with Crippen LogP contribution in [0.1, 0.15) is 43.2 Å². The molecule has 0 spiro atoms. The molecule has 1 aromatic carbocycles. The number of nitrogens with zero attached hydrogens (tertiary/aromatic N) is 1. The van der Waals surface area contributed by atoms with Gasteiger partial charge in [0.05, 0.1) is 0 Å². The van der Waals surface area contributed by atoms with Crippen molar-refractivity contribution in [2.45, 2.75) is 45.1 Å².